The Morgan fingerprint density at radius 3 is 2.28 bits per heavy atom. The van der Waals surface area contributed by atoms with Gasteiger partial charge in [-0.3, -0.25) is 9.79 Å². The van der Waals surface area contributed by atoms with Crippen LogP contribution in [0.5, 0.6) is 0 Å². The molecule has 0 spiro atoms. The van der Waals surface area contributed by atoms with Gasteiger partial charge in [0.2, 0.25) is 5.91 Å². The molecule has 0 saturated heterocycles. The molecule has 6 heteroatoms. The second-order valence-corrected chi connectivity index (χ2v) is 6.64. The fourth-order valence-electron chi connectivity index (χ4n) is 2.37. The Morgan fingerprint density at radius 1 is 1.12 bits per heavy atom. The van der Waals surface area contributed by atoms with Gasteiger partial charge < -0.3 is 16.0 Å². The third-order valence-electron chi connectivity index (χ3n) is 3.76. The number of nitrogens with one attached hydrogen (secondary N) is 3. The number of halogens is 1. The molecule has 0 radical (unpaired) electrons. The molecule has 1 unspecified atom stereocenters. The first-order valence-corrected chi connectivity index (χ1v) is 8.74. The molecular formula is C19H33IN4O. The van der Waals surface area contributed by atoms with Crippen LogP contribution < -0.4 is 16.0 Å². The normalized spacial score (nSPS) is 12.3. The van der Waals surface area contributed by atoms with Crippen molar-refractivity contribution in [2.24, 2.45) is 10.9 Å². The molecule has 1 aromatic carbocycles. The summed E-state index contributed by atoms with van der Waals surface area (Å²) >= 11 is 0. The summed E-state index contributed by atoms with van der Waals surface area (Å²) in [7, 11) is 1.80. The minimum absolute atomic E-state index is 0. The number of amides is 1. The lowest BCUT2D eigenvalue weighted by Crippen LogP contribution is -2.43. The third kappa shape index (κ3) is 11.0. The predicted molar refractivity (Wildman–Crippen MR) is 118 cm³/mol. The highest BCUT2D eigenvalue weighted by molar-refractivity contribution is 14.0. The maximum atomic E-state index is 11.0. The number of carbonyl (C=O) groups is 1. The van der Waals surface area contributed by atoms with Gasteiger partial charge >= 0.3 is 0 Å². The maximum Gasteiger partial charge on any atom is 0.221 e. The molecule has 0 bridgehead atoms. The molecule has 1 rings (SSSR count). The standard InChI is InChI=1S/C19H32N4O.HI/c1-14(2)6-7-15(3)22-19(20-5)21-13-12-17-8-10-18(11-9-17)23-16(4)24;/h8-11,14-15H,6-7,12-13H2,1-5H3,(H,23,24)(H2,20,21,22);1H. The minimum atomic E-state index is -0.0501. The summed E-state index contributed by atoms with van der Waals surface area (Å²) in [5.74, 6) is 1.52. The fraction of sp³-hybridized carbons (Fsp3) is 0.579. The molecular weight excluding hydrogens is 427 g/mol. The van der Waals surface area contributed by atoms with Crippen LogP contribution in [0.15, 0.2) is 29.3 Å². The summed E-state index contributed by atoms with van der Waals surface area (Å²) in [6.07, 6.45) is 3.26. The Hall–Kier alpha value is -1.31. The molecule has 1 aromatic rings. The number of hydrogen-bond acceptors (Lipinski definition) is 2. The molecule has 0 aliphatic carbocycles. The van der Waals surface area contributed by atoms with Gasteiger partial charge in [0.15, 0.2) is 5.96 Å². The lowest BCUT2D eigenvalue weighted by molar-refractivity contribution is -0.114. The first kappa shape index (κ1) is 23.7. The van der Waals surface area contributed by atoms with E-state index in [2.05, 4.69) is 41.7 Å². The van der Waals surface area contributed by atoms with Crippen LogP contribution in [0, 0.1) is 5.92 Å². The van der Waals surface area contributed by atoms with E-state index in [-0.39, 0.29) is 29.9 Å². The van der Waals surface area contributed by atoms with Crippen molar-refractivity contribution in [1.82, 2.24) is 10.6 Å². The zero-order valence-electron chi connectivity index (χ0n) is 16.1. The van der Waals surface area contributed by atoms with Gasteiger partial charge in [-0.1, -0.05) is 26.0 Å². The van der Waals surface area contributed by atoms with Crippen molar-refractivity contribution in [2.45, 2.75) is 53.0 Å². The summed E-state index contributed by atoms with van der Waals surface area (Å²) in [5.41, 5.74) is 2.05. The molecule has 0 aliphatic heterocycles. The van der Waals surface area contributed by atoms with Crippen LogP contribution in [0.2, 0.25) is 0 Å². The Bertz CT molecular complexity index is 529. The van der Waals surface area contributed by atoms with Crippen molar-refractivity contribution in [2.75, 3.05) is 18.9 Å². The van der Waals surface area contributed by atoms with Crippen LogP contribution in [-0.4, -0.2) is 31.5 Å². The molecule has 5 nitrogen and oxygen atoms in total. The van der Waals surface area contributed by atoms with Crippen molar-refractivity contribution in [3.8, 4) is 0 Å². The van der Waals surface area contributed by atoms with Gasteiger partial charge in [-0.2, -0.15) is 0 Å². The van der Waals surface area contributed by atoms with Crippen LogP contribution in [-0.2, 0) is 11.2 Å². The quantitative estimate of drug-likeness (QED) is 0.314. The highest BCUT2D eigenvalue weighted by atomic mass is 127. The number of guanidine groups is 1. The fourth-order valence-corrected chi connectivity index (χ4v) is 2.37. The van der Waals surface area contributed by atoms with E-state index in [1.54, 1.807) is 7.05 Å². The average Bonchev–Trinajstić information content (AvgIpc) is 2.53. The van der Waals surface area contributed by atoms with E-state index in [1.807, 2.05) is 24.3 Å². The zero-order chi connectivity index (χ0) is 17.9. The van der Waals surface area contributed by atoms with Gasteiger partial charge in [-0.05, 0) is 49.8 Å². The number of benzene rings is 1. The molecule has 1 atom stereocenters. The van der Waals surface area contributed by atoms with Gasteiger partial charge in [0.1, 0.15) is 0 Å². The summed E-state index contributed by atoms with van der Waals surface area (Å²) in [5, 5.41) is 9.56. The summed E-state index contributed by atoms with van der Waals surface area (Å²) in [6.45, 7) is 9.01. The highest BCUT2D eigenvalue weighted by Gasteiger charge is 2.06. The van der Waals surface area contributed by atoms with Gasteiger partial charge in [0.05, 0.1) is 0 Å². The van der Waals surface area contributed by atoms with Crippen LogP contribution in [0.25, 0.3) is 0 Å². The second-order valence-electron chi connectivity index (χ2n) is 6.64. The van der Waals surface area contributed by atoms with Crippen LogP contribution in [0.4, 0.5) is 5.69 Å². The average molecular weight is 460 g/mol. The summed E-state index contributed by atoms with van der Waals surface area (Å²) in [4.78, 5) is 15.3. The maximum absolute atomic E-state index is 11.0. The van der Waals surface area contributed by atoms with Crippen molar-refractivity contribution in [1.29, 1.82) is 0 Å². The van der Waals surface area contributed by atoms with Crippen LogP contribution >= 0.6 is 24.0 Å². The summed E-state index contributed by atoms with van der Waals surface area (Å²) < 4.78 is 0. The lowest BCUT2D eigenvalue weighted by atomic mass is 10.0. The van der Waals surface area contributed by atoms with Crippen molar-refractivity contribution in [3.63, 3.8) is 0 Å². The second kappa shape index (κ2) is 13.0. The minimum Gasteiger partial charge on any atom is -0.356 e. The monoisotopic (exact) mass is 460 g/mol. The van der Waals surface area contributed by atoms with Gasteiger partial charge in [-0.25, -0.2) is 0 Å². The highest BCUT2D eigenvalue weighted by Crippen LogP contribution is 2.09. The largest absolute Gasteiger partial charge is 0.356 e. The SMILES string of the molecule is CN=C(NCCc1ccc(NC(C)=O)cc1)NC(C)CCC(C)C.I. The number of anilines is 1. The third-order valence-corrected chi connectivity index (χ3v) is 3.76. The van der Waals surface area contributed by atoms with Crippen LogP contribution in [0.3, 0.4) is 0 Å². The van der Waals surface area contributed by atoms with Crippen molar-refractivity contribution >= 4 is 41.5 Å². The van der Waals surface area contributed by atoms with E-state index >= 15 is 0 Å². The molecule has 142 valence electrons. The number of rotatable bonds is 8. The van der Waals surface area contributed by atoms with Gasteiger partial charge in [0, 0.05) is 32.2 Å². The van der Waals surface area contributed by atoms with E-state index < -0.39 is 0 Å². The zero-order valence-corrected chi connectivity index (χ0v) is 18.4. The van der Waals surface area contributed by atoms with Gasteiger partial charge in [0.25, 0.3) is 0 Å². The van der Waals surface area contributed by atoms with E-state index in [0.29, 0.717) is 6.04 Å². The first-order valence-electron chi connectivity index (χ1n) is 8.74. The molecule has 25 heavy (non-hydrogen) atoms. The molecule has 0 aromatic heterocycles. The van der Waals surface area contributed by atoms with Gasteiger partial charge in [-0.15, -0.1) is 24.0 Å². The Balaban J connectivity index is 0.00000576. The number of nitrogens with zero attached hydrogens (tertiary/aromatic N) is 1. The van der Waals surface area contributed by atoms with E-state index in [9.17, 15) is 4.79 Å². The molecule has 0 heterocycles. The van der Waals surface area contributed by atoms with Crippen molar-refractivity contribution in [3.05, 3.63) is 29.8 Å². The van der Waals surface area contributed by atoms with Crippen LogP contribution in [0.1, 0.15) is 46.1 Å². The molecule has 0 aliphatic rings. The van der Waals surface area contributed by atoms with Crippen molar-refractivity contribution < 1.29 is 4.79 Å². The number of carbonyl (C=O) groups excluding carboxylic acids is 1. The predicted octanol–water partition coefficient (Wildman–Crippen LogP) is 3.80. The Kier molecular flexibility index (Phi) is 12.3. The lowest BCUT2D eigenvalue weighted by Gasteiger charge is -2.18. The van der Waals surface area contributed by atoms with E-state index in [4.69, 9.17) is 0 Å². The Morgan fingerprint density at radius 2 is 1.76 bits per heavy atom. The molecule has 0 saturated carbocycles. The van der Waals surface area contributed by atoms with E-state index in [0.717, 1.165) is 37.0 Å². The smallest absolute Gasteiger partial charge is 0.221 e. The Labute approximate surface area is 169 Å². The number of aliphatic imine (C=N–C) groups is 1. The molecule has 0 fully saturated rings. The number of hydrogen-bond donors (Lipinski definition) is 3. The summed E-state index contributed by atoms with van der Waals surface area (Å²) in [6, 6.07) is 8.34. The van der Waals surface area contributed by atoms with E-state index in [1.165, 1.54) is 18.9 Å². The molecule has 1 amide bonds. The first-order chi connectivity index (χ1) is 11.4. The topological polar surface area (TPSA) is 65.5 Å². The molecule has 3 N–H and O–H groups in total.